The number of nitrogens with zero attached hydrogens (tertiary/aromatic N) is 3. The molecule has 0 aliphatic carbocycles. The number of aromatic nitrogens is 3. The van der Waals surface area contributed by atoms with Crippen LogP contribution < -0.4 is 10.1 Å². The van der Waals surface area contributed by atoms with E-state index in [1.54, 1.807) is 35.0 Å². The lowest BCUT2D eigenvalue weighted by Gasteiger charge is -2.28. The quantitative estimate of drug-likeness (QED) is 0.599. The highest BCUT2D eigenvalue weighted by molar-refractivity contribution is 5.92. The lowest BCUT2D eigenvalue weighted by Crippen LogP contribution is -2.30. The maximum absolute atomic E-state index is 13.8. The summed E-state index contributed by atoms with van der Waals surface area (Å²) in [5, 5.41) is 7.40. The Balaban J connectivity index is 1.60. The molecule has 0 bridgehead atoms. The molecule has 0 saturated carbocycles. The molecule has 1 N–H and O–H groups in total. The Labute approximate surface area is 179 Å². The Bertz CT molecular complexity index is 1120. The van der Waals surface area contributed by atoms with Crippen LogP contribution in [0.3, 0.4) is 0 Å². The van der Waals surface area contributed by atoms with E-state index in [9.17, 15) is 9.18 Å². The highest BCUT2D eigenvalue weighted by Gasteiger charge is 2.34. The van der Waals surface area contributed by atoms with Crippen LogP contribution in [0.1, 0.15) is 37.9 Å². The number of hydrogen-bond donors (Lipinski definition) is 1. The largest absolute Gasteiger partial charge is 0.489 e. The van der Waals surface area contributed by atoms with Crippen molar-refractivity contribution in [3.8, 4) is 5.75 Å². The second-order valence-corrected chi connectivity index (χ2v) is 7.50. The minimum Gasteiger partial charge on any atom is -0.489 e. The van der Waals surface area contributed by atoms with Crippen LogP contribution in [0.4, 0.5) is 10.3 Å². The molecular formula is C23H23FN4O3. The van der Waals surface area contributed by atoms with E-state index in [1.807, 2.05) is 32.9 Å². The Hall–Kier alpha value is -3.68. The zero-order valence-electron chi connectivity index (χ0n) is 17.5. The average Bonchev–Trinajstić information content (AvgIpc) is 3.20. The zero-order chi connectivity index (χ0) is 22.0. The van der Waals surface area contributed by atoms with Crippen molar-refractivity contribution < 1.29 is 18.7 Å². The molecule has 0 radical (unpaired) electrons. The first-order valence-electron chi connectivity index (χ1n) is 9.98. The Morgan fingerprint density at radius 3 is 2.65 bits per heavy atom. The van der Waals surface area contributed by atoms with Crippen molar-refractivity contribution in [3.05, 3.63) is 83.1 Å². The number of carbonyl (C=O) groups is 1. The van der Waals surface area contributed by atoms with Gasteiger partial charge in [-0.25, -0.2) is 13.9 Å². The number of fused-ring (bicyclic) bond motifs is 1. The Kier molecular flexibility index (Phi) is 5.70. The molecule has 0 unspecified atom stereocenters. The van der Waals surface area contributed by atoms with E-state index in [2.05, 4.69) is 15.4 Å². The molecule has 7 nitrogen and oxygen atoms in total. The summed E-state index contributed by atoms with van der Waals surface area (Å²) in [4.78, 5) is 17.1. The van der Waals surface area contributed by atoms with Crippen LogP contribution in [0.25, 0.3) is 0 Å². The van der Waals surface area contributed by atoms with E-state index >= 15 is 0 Å². The predicted octanol–water partition coefficient (Wildman–Crippen LogP) is 4.24. The standard InChI is InChI=1S/C23H23FN4O3/c1-14(2)31-22(29)20-15(3)27-23-25-13-26-28(23)21(20)16-8-10-18(11-9-16)30-12-17-6-4-5-7-19(17)24/h4-11,13-14,21H,12H2,1-3H3,(H,25,26,27)/t21-/m0/s1. The number of nitrogens with one attached hydrogen (secondary N) is 1. The molecule has 0 amide bonds. The van der Waals surface area contributed by atoms with E-state index in [1.165, 1.54) is 12.4 Å². The summed E-state index contributed by atoms with van der Waals surface area (Å²) in [5.74, 6) is 0.419. The van der Waals surface area contributed by atoms with Gasteiger partial charge in [0.05, 0.1) is 11.7 Å². The summed E-state index contributed by atoms with van der Waals surface area (Å²) >= 11 is 0. The second-order valence-electron chi connectivity index (χ2n) is 7.50. The number of carbonyl (C=O) groups excluding carboxylic acids is 1. The van der Waals surface area contributed by atoms with Gasteiger partial charge in [-0.15, -0.1) is 0 Å². The van der Waals surface area contributed by atoms with Crippen molar-refractivity contribution in [2.45, 2.75) is 39.5 Å². The molecule has 1 aliphatic heterocycles. The van der Waals surface area contributed by atoms with Crippen LogP contribution in [0.15, 0.2) is 66.1 Å². The van der Waals surface area contributed by atoms with Crippen LogP contribution in [0, 0.1) is 5.82 Å². The summed E-state index contributed by atoms with van der Waals surface area (Å²) in [6.45, 7) is 5.55. The highest BCUT2D eigenvalue weighted by Crippen LogP contribution is 2.36. The van der Waals surface area contributed by atoms with Gasteiger partial charge in [-0.1, -0.05) is 30.3 Å². The van der Waals surface area contributed by atoms with Gasteiger partial charge in [0, 0.05) is 11.3 Å². The number of halogens is 1. The molecular weight excluding hydrogens is 399 g/mol. The van der Waals surface area contributed by atoms with E-state index in [0.717, 1.165) is 5.56 Å². The summed E-state index contributed by atoms with van der Waals surface area (Å²) in [7, 11) is 0. The maximum atomic E-state index is 13.8. The first-order valence-corrected chi connectivity index (χ1v) is 9.98. The number of rotatable bonds is 6. The minimum absolute atomic E-state index is 0.123. The van der Waals surface area contributed by atoms with Crippen molar-refractivity contribution >= 4 is 11.9 Å². The van der Waals surface area contributed by atoms with Gasteiger partial charge in [-0.3, -0.25) is 0 Å². The first-order chi connectivity index (χ1) is 14.9. The van der Waals surface area contributed by atoms with Gasteiger partial charge in [0.25, 0.3) is 0 Å². The molecule has 8 heteroatoms. The fourth-order valence-corrected chi connectivity index (χ4v) is 3.46. The Morgan fingerprint density at radius 2 is 1.94 bits per heavy atom. The van der Waals surface area contributed by atoms with Gasteiger partial charge in [-0.2, -0.15) is 10.1 Å². The molecule has 0 fully saturated rings. The smallest absolute Gasteiger partial charge is 0.338 e. The van der Waals surface area contributed by atoms with Crippen molar-refractivity contribution in [1.82, 2.24) is 14.8 Å². The topological polar surface area (TPSA) is 78.3 Å². The van der Waals surface area contributed by atoms with E-state index in [0.29, 0.717) is 28.5 Å². The van der Waals surface area contributed by atoms with Crippen LogP contribution in [0.5, 0.6) is 5.75 Å². The predicted molar refractivity (Wildman–Crippen MR) is 113 cm³/mol. The van der Waals surface area contributed by atoms with Gasteiger partial charge >= 0.3 is 5.97 Å². The van der Waals surface area contributed by atoms with Crippen LogP contribution in [-0.2, 0) is 16.1 Å². The number of ether oxygens (including phenoxy) is 2. The number of anilines is 1. The van der Waals surface area contributed by atoms with Gasteiger partial charge in [0.1, 0.15) is 30.5 Å². The molecule has 4 rings (SSSR count). The number of benzene rings is 2. The van der Waals surface area contributed by atoms with Crippen molar-refractivity contribution in [2.75, 3.05) is 5.32 Å². The molecule has 0 spiro atoms. The Morgan fingerprint density at radius 1 is 1.19 bits per heavy atom. The molecule has 31 heavy (non-hydrogen) atoms. The summed E-state index contributed by atoms with van der Waals surface area (Å²) in [5.41, 5.74) is 2.43. The summed E-state index contributed by atoms with van der Waals surface area (Å²) in [6.07, 6.45) is 1.19. The fourth-order valence-electron chi connectivity index (χ4n) is 3.46. The molecule has 2 aromatic carbocycles. The van der Waals surface area contributed by atoms with Gasteiger partial charge < -0.3 is 14.8 Å². The molecule has 3 aromatic rings. The van der Waals surface area contributed by atoms with Crippen molar-refractivity contribution in [3.63, 3.8) is 0 Å². The normalized spacial score (nSPS) is 15.5. The number of allylic oxidation sites excluding steroid dienone is 1. The zero-order valence-corrected chi connectivity index (χ0v) is 17.5. The molecule has 1 aromatic heterocycles. The summed E-state index contributed by atoms with van der Waals surface area (Å²) in [6, 6.07) is 13.3. The van der Waals surface area contributed by atoms with Gasteiger partial charge in [0.2, 0.25) is 5.95 Å². The van der Waals surface area contributed by atoms with Crippen molar-refractivity contribution in [1.29, 1.82) is 0 Å². The second kappa shape index (κ2) is 8.59. The average molecular weight is 422 g/mol. The van der Waals surface area contributed by atoms with Gasteiger partial charge in [-0.05, 0) is 44.5 Å². The fraction of sp³-hybridized carbons (Fsp3) is 0.261. The molecule has 1 aliphatic rings. The third kappa shape index (κ3) is 4.28. The van der Waals surface area contributed by atoms with E-state index < -0.39 is 12.0 Å². The number of hydrogen-bond acceptors (Lipinski definition) is 6. The van der Waals surface area contributed by atoms with E-state index in [-0.39, 0.29) is 18.5 Å². The maximum Gasteiger partial charge on any atom is 0.338 e. The third-order valence-electron chi connectivity index (χ3n) is 4.91. The monoisotopic (exact) mass is 422 g/mol. The lowest BCUT2D eigenvalue weighted by molar-refractivity contribution is -0.143. The molecule has 1 atom stereocenters. The molecule has 2 heterocycles. The van der Waals surface area contributed by atoms with Crippen LogP contribution in [-0.4, -0.2) is 26.8 Å². The minimum atomic E-state index is -0.495. The summed E-state index contributed by atoms with van der Waals surface area (Å²) < 4.78 is 26.7. The first kappa shape index (κ1) is 20.6. The SMILES string of the molecule is CC1=C(C(=O)OC(C)C)[C@H](c2ccc(OCc3ccccc3F)cc2)n2ncnc2N1. The van der Waals surface area contributed by atoms with Gasteiger partial charge in [0.15, 0.2) is 0 Å². The van der Waals surface area contributed by atoms with Crippen molar-refractivity contribution in [2.24, 2.45) is 0 Å². The molecule has 0 saturated heterocycles. The van der Waals surface area contributed by atoms with Crippen LogP contribution >= 0.6 is 0 Å². The third-order valence-corrected chi connectivity index (χ3v) is 4.91. The number of esters is 1. The van der Waals surface area contributed by atoms with Crippen LogP contribution in [0.2, 0.25) is 0 Å². The lowest BCUT2D eigenvalue weighted by atomic mass is 9.95. The van der Waals surface area contributed by atoms with E-state index in [4.69, 9.17) is 9.47 Å². The molecule has 160 valence electrons. The highest BCUT2D eigenvalue weighted by atomic mass is 19.1.